The molecule has 3 amide bonds. The molecule has 0 aromatic heterocycles. The van der Waals surface area contributed by atoms with E-state index in [1.165, 1.54) is 4.90 Å². The predicted molar refractivity (Wildman–Crippen MR) is 184 cm³/mol. The van der Waals surface area contributed by atoms with Gasteiger partial charge in [0.15, 0.2) is 0 Å². The lowest BCUT2D eigenvalue weighted by Crippen LogP contribution is -2.32. The van der Waals surface area contributed by atoms with Gasteiger partial charge in [-0.3, -0.25) is 24.0 Å². The Morgan fingerprint density at radius 3 is 1.68 bits per heavy atom. The summed E-state index contributed by atoms with van der Waals surface area (Å²) in [5.41, 5.74) is 1.70. The molecule has 4 atom stereocenters. The van der Waals surface area contributed by atoms with E-state index in [1.807, 2.05) is 50.2 Å². The highest BCUT2D eigenvalue weighted by Gasteiger charge is 2.39. The van der Waals surface area contributed by atoms with Crippen molar-refractivity contribution in [2.45, 2.75) is 60.2 Å². The van der Waals surface area contributed by atoms with Crippen LogP contribution in [-0.4, -0.2) is 82.4 Å². The van der Waals surface area contributed by atoms with Gasteiger partial charge in [-0.25, -0.2) is 9.59 Å². The number of aliphatic carboxylic acids is 2. The number of halogens is 1. The Morgan fingerprint density at radius 1 is 0.740 bits per heavy atom. The van der Waals surface area contributed by atoms with Gasteiger partial charge >= 0.3 is 24.2 Å². The van der Waals surface area contributed by atoms with Crippen LogP contribution in [0.4, 0.5) is 9.59 Å². The van der Waals surface area contributed by atoms with Crippen molar-refractivity contribution < 1.29 is 53.3 Å². The number of rotatable bonds is 9. The summed E-state index contributed by atoms with van der Waals surface area (Å²) in [5, 5.41) is 21.3. The number of hydroxylamine groups is 2. The van der Waals surface area contributed by atoms with Crippen LogP contribution in [0.15, 0.2) is 60.7 Å². The van der Waals surface area contributed by atoms with Crippen molar-refractivity contribution in [1.29, 1.82) is 0 Å². The molecule has 3 fully saturated rings. The van der Waals surface area contributed by atoms with Gasteiger partial charge in [-0.15, -0.1) is 12.4 Å². The summed E-state index contributed by atoms with van der Waals surface area (Å²) < 4.78 is 10.0. The van der Waals surface area contributed by atoms with Gasteiger partial charge in [0.05, 0.1) is 11.8 Å². The molecule has 0 radical (unpaired) electrons. The number of nitrogens with one attached hydrogen (secondary N) is 1. The molecular formula is C35H48ClN3O11. The third-order valence-electron chi connectivity index (χ3n) is 8.30. The van der Waals surface area contributed by atoms with Gasteiger partial charge < -0.3 is 29.9 Å². The van der Waals surface area contributed by atoms with Crippen LogP contribution in [0.25, 0.3) is 0 Å². The summed E-state index contributed by atoms with van der Waals surface area (Å²) in [6.45, 7) is 6.43. The van der Waals surface area contributed by atoms with Crippen molar-refractivity contribution in [3.63, 3.8) is 0 Å². The topological polar surface area (TPSA) is 189 Å². The molecular weight excluding hydrogens is 674 g/mol. The Bertz CT molecular complexity index is 1380. The van der Waals surface area contributed by atoms with Crippen LogP contribution in [0, 0.1) is 23.7 Å². The molecule has 2 aromatic carbocycles. The Hall–Kier alpha value is -4.69. The maximum Gasteiger partial charge on any atom is 0.534 e. The highest BCUT2D eigenvalue weighted by Crippen LogP contribution is 2.27. The maximum atomic E-state index is 12.0. The third kappa shape index (κ3) is 13.3. The number of nitrogens with zero attached hydrogens (tertiary/aromatic N) is 2. The summed E-state index contributed by atoms with van der Waals surface area (Å²) in [6, 6.07) is 18.4. The van der Waals surface area contributed by atoms with E-state index in [-0.39, 0.29) is 64.3 Å². The molecule has 3 saturated heterocycles. The van der Waals surface area contributed by atoms with Crippen molar-refractivity contribution in [3.05, 3.63) is 71.8 Å². The number of benzene rings is 2. The molecule has 2 aromatic rings. The number of hydrogen-bond donors (Lipinski definition) is 3. The van der Waals surface area contributed by atoms with Crippen LogP contribution >= 0.6 is 12.4 Å². The second-order valence-electron chi connectivity index (χ2n) is 11.5. The zero-order valence-corrected chi connectivity index (χ0v) is 28.3. The molecule has 50 heavy (non-hydrogen) atoms. The molecule has 0 saturated carbocycles. The molecule has 3 N–H and O–H groups in total. The number of carboxylic acid groups (broad SMARTS) is 2. The lowest BCUT2D eigenvalue weighted by Gasteiger charge is -2.15. The number of ether oxygens (including phenoxy) is 2. The molecule has 0 aliphatic carbocycles. The van der Waals surface area contributed by atoms with E-state index in [0.29, 0.717) is 24.1 Å². The number of hydrogen-bond acceptors (Lipinski definition) is 10. The second kappa shape index (κ2) is 22.1. The fourth-order valence-electron chi connectivity index (χ4n) is 5.45. The van der Waals surface area contributed by atoms with Gasteiger partial charge in [-0.1, -0.05) is 99.8 Å². The standard InChI is InChI=1S/C15H19NO4.C12H11NO5.C7H13NO2.CH4.ClH/c1-2-12-8-16(9-13(12)14(17)18)15(19)20-10-11-6-4-3-5-7-11;14-10-6-7-11(15)13(10)18-12(16)17-8-9-4-2-1-3-5-9;1-2-5-3-8-4-6(5)7(9)10;;/h3-7,12-13H,2,8-10H2,1H3,(H,17,18);1-5H,6-8H2;5-6,8H,2-4H2,1H3,(H,9,10);1H4;1H. The molecule has 0 spiro atoms. The average Bonchev–Trinajstić information content (AvgIpc) is 3.84. The Labute approximate surface area is 298 Å². The highest BCUT2D eigenvalue weighted by molar-refractivity contribution is 6.01. The SMILES string of the molecule is C.CCC1CN(C(=O)OCc2ccccc2)CC1C(=O)O.CCC1CNCC1C(=O)O.Cl.O=C(OCc1ccccc1)ON1C(=O)CCC1=O. The lowest BCUT2D eigenvalue weighted by atomic mass is 9.94. The zero-order valence-electron chi connectivity index (χ0n) is 27.5. The maximum absolute atomic E-state index is 12.0. The quantitative estimate of drug-likeness (QED) is 0.229. The summed E-state index contributed by atoms with van der Waals surface area (Å²) in [7, 11) is 0. The number of amides is 3. The first-order valence-electron chi connectivity index (χ1n) is 15.9. The van der Waals surface area contributed by atoms with E-state index in [9.17, 15) is 28.8 Å². The van der Waals surface area contributed by atoms with Gasteiger partial charge in [0.2, 0.25) is 0 Å². The highest BCUT2D eigenvalue weighted by atomic mass is 35.5. The number of likely N-dealkylation sites (tertiary alicyclic amines) is 1. The molecule has 3 aliphatic rings. The van der Waals surface area contributed by atoms with Crippen LogP contribution in [0.3, 0.4) is 0 Å². The van der Waals surface area contributed by atoms with Crippen LogP contribution in [0.1, 0.15) is 58.1 Å². The van der Waals surface area contributed by atoms with Crippen molar-refractivity contribution in [2.75, 3.05) is 26.2 Å². The largest absolute Gasteiger partial charge is 0.534 e. The van der Waals surface area contributed by atoms with E-state index in [2.05, 4.69) is 10.2 Å². The average molecular weight is 722 g/mol. The van der Waals surface area contributed by atoms with Crippen molar-refractivity contribution in [3.8, 4) is 0 Å². The molecule has 0 bridgehead atoms. The van der Waals surface area contributed by atoms with Crippen molar-refractivity contribution in [1.82, 2.24) is 15.3 Å². The molecule has 3 aliphatic heterocycles. The minimum atomic E-state index is -1.07. The van der Waals surface area contributed by atoms with E-state index in [0.717, 1.165) is 30.5 Å². The smallest absolute Gasteiger partial charge is 0.481 e. The van der Waals surface area contributed by atoms with Crippen LogP contribution < -0.4 is 5.32 Å². The molecule has 3 heterocycles. The first-order valence-corrected chi connectivity index (χ1v) is 15.9. The molecule has 276 valence electrons. The minimum Gasteiger partial charge on any atom is -0.481 e. The van der Waals surface area contributed by atoms with E-state index in [1.54, 1.807) is 24.3 Å². The third-order valence-corrected chi connectivity index (χ3v) is 8.30. The van der Waals surface area contributed by atoms with Crippen LogP contribution in [0.5, 0.6) is 0 Å². The first kappa shape index (κ1) is 43.3. The number of carbonyl (C=O) groups excluding carboxylic acids is 4. The fraction of sp³-hybridized carbons (Fsp3) is 0.486. The van der Waals surface area contributed by atoms with Crippen LogP contribution in [0.2, 0.25) is 0 Å². The summed E-state index contributed by atoms with van der Waals surface area (Å²) in [6.07, 6.45) is 0.331. The van der Waals surface area contributed by atoms with Gasteiger partial charge in [-0.2, -0.15) is 0 Å². The second-order valence-corrected chi connectivity index (χ2v) is 11.5. The van der Waals surface area contributed by atoms with Gasteiger partial charge in [-0.05, 0) is 29.5 Å². The summed E-state index contributed by atoms with van der Waals surface area (Å²) in [5.74, 6) is -2.83. The number of imide groups is 1. The van der Waals surface area contributed by atoms with Gasteiger partial charge in [0, 0.05) is 32.5 Å². The summed E-state index contributed by atoms with van der Waals surface area (Å²) in [4.78, 5) is 73.3. The van der Waals surface area contributed by atoms with Gasteiger partial charge in [0.25, 0.3) is 11.8 Å². The van der Waals surface area contributed by atoms with Crippen LogP contribution in [-0.2, 0) is 46.7 Å². The lowest BCUT2D eigenvalue weighted by molar-refractivity contribution is -0.177. The summed E-state index contributed by atoms with van der Waals surface area (Å²) >= 11 is 0. The number of carbonyl (C=O) groups is 6. The van der Waals surface area contributed by atoms with E-state index in [4.69, 9.17) is 19.7 Å². The zero-order chi connectivity index (χ0) is 35.1. The molecule has 4 unspecified atom stereocenters. The monoisotopic (exact) mass is 721 g/mol. The predicted octanol–water partition coefficient (Wildman–Crippen LogP) is 5.14. The van der Waals surface area contributed by atoms with Crippen molar-refractivity contribution >= 4 is 48.4 Å². The van der Waals surface area contributed by atoms with E-state index >= 15 is 0 Å². The Kier molecular flexibility index (Phi) is 19.2. The Morgan fingerprint density at radius 2 is 1.24 bits per heavy atom. The molecule has 14 nitrogen and oxygen atoms in total. The normalized spacial score (nSPS) is 20.5. The Balaban J connectivity index is 0.000000386. The fourth-order valence-corrected chi connectivity index (χ4v) is 5.45. The first-order chi connectivity index (χ1) is 23.0. The number of carboxylic acids is 2. The minimum absolute atomic E-state index is 0. The molecule has 15 heteroatoms. The molecule has 5 rings (SSSR count). The van der Waals surface area contributed by atoms with Gasteiger partial charge in [0.1, 0.15) is 13.2 Å². The van der Waals surface area contributed by atoms with E-state index < -0.39 is 41.9 Å². The van der Waals surface area contributed by atoms with Crippen molar-refractivity contribution in [2.24, 2.45) is 23.7 Å².